The molecule has 0 saturated carbocycles. The number of carbonyl (C=O) groups excluding carboxylic acids is 1. The van der Waals surface area contributed by atoms with Gasteiger partial charge in [-0.15, -0.1) is 0 Å². The van der Waals surface area contributed by atoms with Crippen LogP contribution in [0.1, 0.15) is 36.5 Å². The van der Waals surface area contributed by atoms with Gasteiger partial charge >= 0.3 is 0 Å². The summed E-state index contributed by atoms with van der Waals surface area (Å²) in [6, 6.07) is 17.8. The standard InChI is InChI=1S/C23H22BrNO3.C4H9NO2/c1-3-13-22(26)21-19(27-2)14-25-15-20(21)28-23(22,16-7-5-4-6-8-16)17-9-11-18(24)12-10-17;1-7-3-2-5-4-6/h4-12,14-15,26H,3,13H2,1-2H3;4H,2-3H2,1H3,(H,5,6). The van der Waals surface area contributed by atoms with E-state index < -0.39 is 11.2 Å². The van der Waals surface area contributed by atoms with E-state index in [-0.39, 0.29) is 0 Å². The van der Waals surface area contributed by atoms with Gasteiger partial charge in [-0.2, -0.15) is 0 Å². The summed E-state index contributed by atoms with van der Waals surface area (Å²) in [5.74, 6) is 1.07. The van der Waals surface area contributed by atoms with Gasteiger partial charge in [0.2, 0.25) is 6.41 Å². The normalized spacial score (nSPS) is 20.1. The van der Waals surface area contributed by atoms with E-state index in [0.717, 1.165) is 22.0 Å². The molecule has 2 unspecified atom stereocenters. The molecule has 1 aromatic heterocycles. The Hall–Kier alpha value is -2.94. The first kappa shape index (κ1) is 26.7. The Balaban J connectivity index is 0.000000429. The quantitative estimate of drug-likeness (QED) is 0.304. The van der Waals surface area contributed by atoms with E-state index in [1.165, 1.54) is 0 Å². The molecule has 0 aliphatic carbocycles. The smallest absolute Gasteiger partial charge is 0.207 e. The van der Waals surface area contributed by atoms with Gasteiger partial charge in [-0.25, -0.2) is 0 Å². The Morgan fingerprint density at radius 3 is 2.37 bits per heavy atom. The summed E-state index contributed by atoms with van der Waals surface area (Å²) in [7, 11) is 3.18. The number of nitrogens with one attached hydrogen (secondary N) is 1. The van der Waals surface area contributed by atoms with Gasteiger partial charge in [0.15, 0.2) is 5.60 Å². The first-order valence-electron chi connectivity index (χ1n) is 11.4. The number of pyridine rings is 1. The van der Waals surface area contributed by atoms with Gasteiger partial charge in [-0.1, -0.05) is 71.7 Å². The highest BCUT2D eigenvalue weighted by Crippen LogP contribution is 2.60. The number of halogens is 1. The maximum Gasteiger partial charge on any atom is 0.207 e. The maximum absolute atomic E-state index is 12.3. The molecule has 0 saturated heterocycles. The molecular weight excluding hydrogens is 512 g/mol. The van der Waals surface area contributed by atoms with E-state index in [0.29, 0.717) is 43.0 Å². The number of aliphatic hydroxyl groups is 1. The summed E-state index contributed by atoms with van der Waals surface area (Å²) in [5.41, 5.74) is -0.0225. The van der Waals surface area contributed by atoms with Crippen LogP contribution in [0.15, 0.2) is 71.5 Å². The van der Waals surface area contributed by atoms with Crippen LogP contribution in [0.4, 0.5) is 0 Å². The second-order valence-electron chi connectivity index (χ2n) is 8.05. The first-order valence-corrected chi connectivity index (χ1v) is 12.2. The molecule has 0 fully saturated rings. The number of hydrogen-bond donors (Lipinski definition) is 2. The van der Waals surface area contributed by atoms with Crippen molar-refractivity contribution in [2.24, 2.45) is 0 Å². The Labute approximate surface area is 214 Å². The van der Waals surface area contributed by atoms with Gasteiger partial charge in [-0.3, -0.25) is 9.78 Å². The number of amides is 1. The molecule has 0 bridgehead atoms. The highest BCUT2D eigenvalue weighted by atomic mass is 79.9. The van der Waals surface area contributed by atoms with Crippen LogP contribution in [0.5, 0.6) is 11.5 Å². The van der Waals surface area contributed by atoms with E-state index in [4.69, 9.17) is 9.47 Å². The van der Waals surface area contributed by atoms with Crippen molar-refractivity contribution in [1.29, 1.82) is 0 Å². The van der Waals surface area contributed by atoms with Crippen LogP contribution in [-0.2, 0) is 20.7 Å². The molecule has 2 atom stereocenters. The number of aromatic nitrogens is 1. The van der Waals surface area contributed by atoms with Crippen LogP contribution in [0.3, 0.4) is 0 Å². The average Bonchev–Trinajstić information content (AvgIpc) is 3.15. The molecule has 8 heteroatoms. The third-order valence-electron chi connectivity index (χ3n) is 5.93. The number of rotatable bonds is 9. The molecular formula is C27H31BrN2O5. The molecule has 4 rings (SSSR count). The molecule has 7 nitrogen and oxygen atoms in total. The summed E-state index contributed by atoms with van der Waals surface area (Å²) < 4.78 is 17.8. The fourth-order valence-electron chi connectivity index (χ4n) is 4.49. The van der Waals surface area contributed by atoms with Gasteiger partial charge in [0.05, 0.1) is 31.7 Å². The zero-order valence-electron chi connectivity index (χ0n) is 20.2. The summed E-state index contributed by atoms with van der Waals surface area (Å²) in [6.07, 6.45) is 5.22. The highest BCUT2D eigenvalue weighted by Gasteiger charge is 2.62. The lowest BCUT2D eigenvalue weighted by Gasteiger charge is -2.42. The van der Waals surface area contributed by atoms with Crippen molar-refractivity contribution in [2.75, 3.05) is 27.4 Å². The summed E-state index contributed by atoms with van der Waals surface area (Å²) in [6.45, 7) is 3.24. The molecule has 35 heavy (non-hydrogen) atoms. The molecule has 1 aliphatic heterocycles. The zero-order valence-corrected chi connectivity index (χ0v) is 21.7. The van der Waals surface area contributed by atoms with Crippen molar-refractivity contribution in [2.45, 2.75) is 31.0 Å². The molecule has 1 amide bonds. The second kappa shape index (κ2) is 12.2. The third kappa shape index (κ3) is 5.19. The molecule has 0 spiro atoms. The molecule has 2 N–H and O–H groups in total. The van der Waals surface area contributed by atoms with E-state index in [2.05, 4.69) is 37.9 Å². The predicted octanol–water partition coefficient (Wildman–Crippen LogP) is 4.56. The van der Waals surface area contributed by atoms with E-state index in [9.17, 15) is 9.90 Å². The maximum atomic E-state index is 12.3. The van der Waals surface area contributed by atoms with Crippen molar-refractivity contribution >= 4 is 22.3 Å². The largest absolute Gasteiger partial charge is 0.495 e. The number of methoxy groups -OCH3 is 2. The second-order valence-corrected chi connectivity index (χ2v) is 8.96. The van der Waals surface area contributed by atoms with Crippen LogP contribution in [0.25, 0.3) is 0 Å². The molecule has 2 aromatic carbocycles. The number of fused-ring (bicyclic) bond motifs is 1. The van der Waals surface area contributed by atoms with Crippen LogP contribution >= 0.6 is 15.9 Å². The minimum Gasteiger partial charge on any atom is -0.495 e. The zero-order chi connectivity index (χ0) is 25.3. The Morgan fingerprint density at radius 2 is 1.77 bits per heavy atom. The summed E-state index contributed by atoms with van der Waals surface area (Å²) >= 11 is 3.50. The first-order chi connectivity index (χ1) is 17.0. The predicted molar refractivity (Wildman–Crippen MR) is 138 cm³/mol. The van der Waals surface area contributed by atoms with Crippen molar-refractivity contribution in [3.63, 3.8) is 0 Å². The molecule has 186 valence electrons. The Bertz CT molecular complexity index is 1100. The SMILES string of the molecule is CCCC1(O)c2c(OC)cncc2OC1(c1ccccc1)c1ccc(Br)cc1.COCCNC=O. The van der Waals surface area contributed by atoms with E-state index in [1.807, 2.05) is 54.6 Å². The Morgan fingerprint density at radius 1 is 1.09 bits per heavy atom. The van der Waals surface area contributed by atoms with Crippen LogP contribution < -0.4 is 14.8 Å². The van der Waals surface area contributed by atoms with Gasteiger partial charge < -0.3 is 24.6 Å². The van der Waals surface area contributed by atoms with Crippen molar-refractivity contribution in [3.05, 3.63) is 88.2 Å². The minimum atomic E-state index is -1.32. The summed E-state index contributed by atoms with van der Waals surface area (Å²) in [4.78, 5) is 13.8. The minimum absolute atomic E-state index is 0.505. The van der Waals surface area contributed by atoms with E-state index >= 15 is 0 Å². The number of carbonyl (C=O) groups is 1. The van der Waals surface area contributed by atoms with Crippen molar-refractivity contribution in [3.8, 4) is 11.5 Å². The topological polar surface area (TPSA) is 89.9 Å². The van der Waals surface area contributed by atoms with Crippen LogP contribution in [-0.4, -0.2) is 43.9 Å². The van der Waals surface area contributed by atoms with Crippen LogP contribution in [0.2, 0.25) is 0 Å². The van der Waals surface area contributed by atoms with Crippen LogP contribution in [0, 0.1) is 0 Å². The van der Waals surface area contributed by atoms with Gasteiger partial charge in [0.25, 0.3) is 0 Å². The molecule has 0 radical (unpaired) electrons. The van der Waals surface area contributed by atoms with Gasteiger partial charge in [-0.05, 0) is 18.6 Å². The lowest BCUT2D eigenvalue weighted by atomic mass is 9.69. The number of ether oxygens (including phenoxy) is 3. The molecule has 3 aromatic rings. The van der Waals surface area contributed by atoms with Gasteiger partial charge in [0, 0.05) is 29.3 Å². The van der Waals surface area contributed by atoms with Gasteiger partial charge in [0.1, 0.15) is 17.1 Å². The Kier molecular flexibility index (Phi) is 9.26. The molecule has 2 heterocycles. The van der Waals surface area contributed by atoms with E-state index in [1.54, 1.807) is 26.6 Å². The van der Waals surface area contributed by atoms with Crippen molar-refractivity contribution < 1.29 is 24.1 Å². The lowest BCUT2D eigenvalue weighted by Crippen LogP contribution is -2.50. The fraction of sp³-hybridized carbons (Fsp3) is 0.333. The lowest BCUT2D eigenvalue weighted by molar-refractivity contribution is -0.109. The summed E-state index contributed by atoms with van der Waals surface area (Å²) in [5, 5.41) is 14.7. The number of nitrogens with zero attached hydrogens (tertiary/aromatic N) is 1. The molecule has 1 aliphatic rings. The monoisotopic (exact) mass is 542 g/mol. The third-order valence-corrected chi connectivity index (χ3v) is 6.46. The van der Waals surface area contributed by atoms with Crippen molar-refractivity contribution in [1.82, 2.24) is 10.3 Å². The fourth-order valence-corrected chi connectivity index (χ4v) is 4.75. The highest BCUT2D eigenvalue weighted by molar-refractivity contribution is 9.10. The number of benzene rings is 2. The number of hydrogen-bond acceptors (Lipinski definition) is 6. The average molecular weight is 543 g/mol.